The summed E-state index contributed by atoms with van der Waals surface area (Å²) in [4.78, 5) is 11.7. The molecule has 0 unspecified atom stereocenters. The van der Waals surface area contributed by atoms with Gasteiger partial charge < -0.3 is 15.4 Å². The van der Waals surface area contributed by atoms with Crippen molar-refractivity contribution in [2.45, 2.75) is 59.6 Å². The van der Waals surface area contributed by atoms with Gasteiger partial charge in [0.15, 0.2) is 0 Å². The van der Waals surface area contributed by atoms with Crippen molar-refractivity contribution in [3.8, 4) is 0 Å². The fourth-order valence-corrected chi connectivity index (χ4v) is 2.12. The van der Waals surface area contributed by atoms with E-state index >= 15 is 0 Å². The molecule has 2 N–H and O–H groups in total. The highest BCUT2D eigenvalue weighted by atomic mass is 16.6. The quantitative estimate of drug-likeness (QED) is 0.776. The molecule has 0 aliphatic carbocycles. The van der Waals surface area contributed by atoms with Gasteiger partial charge in [0.1, 0.15) is 5.60 Å². The van der Waals surface area contributed by atoms with Crippen LogP contribution in [-0.4, -0.2) is 18.2 Å². The predicted octanol–water partition coefficient (Wildman–Crippen LogP) is 4.56. The highest BCUT2D eigenvalue weighted by molar-refractivity contribution is 5.67. The smallest absolute Gasteiger partial charge is 0.407 e. The Morgan fingerprint density at radius 1 is 1.23 bits per heavy atom. The Kier molecular flexibility index (Phi) is 7.22. The molecule has 0 heterocycles. The highest BCUT2D eigenvalue weighted by Crippen LogP contribution is 2.14. The lowest BCUT2D eigenvalue weighted by atomic mass is 10.0. The van der Waals surface area contributed by atoms with Gasteiger partial charge in [0.05, 0.1) is 0 Å². The van der Waals surface area contributed by atoms with Crippen LogP contribution in [-0.2, 0) is 11.3 Å². The van der Waals surface area contributed by atoms with Crippen LogP contribution in [0, 0.1) is 5.92 Å². The average Bonchev–Trinajstić information content (AvgIpc) is 2.45. The van der Waals surface area contributed by atoms with Gasteiger partial charge >= 0.3 is 6.09 Å². The summed E-state index contributed by atoms with van der Waals surface area (Å²) in [5.41, 5.74) is 1.68. The minimum atomic E-state index is -0.469. The fourth-order valence-electron chi connectivity index (χ4n) is 2.12. The van der Waals surface area contributed by atoms with Crippen LogP contribution in [0.25, 0.3) is 0 Å². The molecule has 124 valence electrons. The number of amides is 1. The number of benzene rings is 1. The first-order valence-electron chi connectivity index (χ1n) is 8.13. The number of alkyl carbamates (subject to hydrolysis) is 1. The zero-order valence-corrected chi connectivity index (χ0v) is 14.5. The Bertz CT molecular complexity index is 462. The summed E-state index contributed by atoms with van der Waals surface area (Å²) >= 11 is 0. The van der Waals surface area contributed by atoms with E-state index in [2.05, 4.69) is 36.6 Å². The highest BCUT2D eigenvalue weighted by Gasteiger charge is 2.15. The fraction of sp³-hybridized carbons (Fsp3) is 0.611. The molecule has 0 spiro atoms. The van der Waals surface area contributed by atoms with Crippen molar-refractivity contribution in [3.63, 3.8) is 0 Å². The standard InChI is InChI=1S/C18H30N2O2/c1-6-14(7-2)12-19-16-10-8-9-15(11-16)13-20-17(21)22-18(3,4)5/h8-11,14,19H,6-7,12-13H2,1-5H3,(H,20,21). The molecule has 0 aromatic heterocycles. The van der Waals surface area contributed by atoms with Crippen molar-refractivity contribution in [3.05, 3.63) is 29.8 Å². The summed E-state index contributed by atoms with van der Waals surface area (Å²) in [6.45, 7) is 11.5. The van der Waals surface area contributed by atoms with Crippen LogP contribution in [0.2, 0.25) is 0 Å². The van der Waals surface area contributed by atoms with Gasteiger partial charge in [-0.2, -0.15) is 0 Å². The summed E-state index contributed by atoms with van der Waals surface area (Å²) in [7, 11) is 0. The second-order valence-corrected chi connectivity index (χ2v) is 6.62. The molecule has 0 aliphatic heterocycles. The van der Waals surface area contributed by atoms with Crippen LogP contribution in [0.3, 0.4) is 0 Å². The molecule has 22 heavy (non-hydrogen) atoms. The zero-order valence-electron chi connectivity index (χ0n) is 14.5. The van der Waals surface area contributed by atoms with Crippen molar-refractivity contribution in [2.24, 2.45) is 5.92 Å². The maximum absolute atomic E-state index is 11.7. The molecule has 1 aromatic rings. The Hall–Kier alpha value is -1.71. The average molecular weight is 306 g/mol. The number of carbonyl (C=O) groups is 1. The predicted molar refractivity (Wildman–Crippen MR) is 92.1 cm³/mol. The third kappa shape index (κ3) is 7.34. The van der Waals surface area contributed by atoms with Crippen LogP contribution in [0.15, 0.2) is 24.3 Å². The minimum absolute atomic E-state index is 0.386. The summed E-state index contributed by atoms with van der Waals surface area (Å²) in [5, 5.41) is 6.25. The van der Waals surface area contributed by atoms with E-state index in [1.54, 1.807) is 0 Å². The zero-order chi connectivity index (χ0) is 16.6. The molecule has 0 atom stereocenters. The van der Waals surface area contributed by atoms with E-state index < -0.39 is 5.60 Å². The van der Waals surface area contributed by atoms with Crippen molar-refractivity contribution in [2.75, 3.05) is 11.9 Å². The normalized spacial score (nSPS) is 11.4. The molecule has 1 aromatic carbocycles. The SMILES string of the molecule is CCC(CC)CNc1cccc(CNC(=O)OC(C)(C)C)c1. The maximum Gasteiger partial charge on any atom is 0.407 e. The third-order valence-corrected chi connectivity index (χ3v) is 3.51. The van der Waals surface area contributed by atoms with E-state index in [9.17, 15) is 4.79 Å². The van der Waals surface area contributed by atoms with E-state index in [4.69, 9.17) is 4.74 Å². The third-order valence-electron chi connectivity index (χ3n) is 3.51. The van der Waals surface area contributed by atoms with Crippen molar-refractivity contribution in [1.82, 2.24) is 5.32 Å². The number of carbonyl (C=O) groups excluding carboxylic acids is 1. The summed E-state index contributed by atoms with van der Waals surface area (Å²) in [6.07, 6.45) is 1.98. The first kappa shape index (κ1) is 18.3. The molecule has 0 aliphatic rings. The number of hydrogen-bond donors (Lipinski definition) is 2. The molecule has 0 fully saturated rings. The van der Waals surface area contributed by atoms with Gasteiger partial charge in [0, 0.05) is 18.8 Å². The van der Waals surface area contributed by atoms with E-state index in [1.807, 2.05) is 32.9 Å². The Balaban J connectivity index is 2.48. The van der Waals surface area contributed by atoms with E-state index in [0.29, 0.717) is 12.5 Å². The molecular formula is C18H30N2O2. The molecule has 0 saturated carbocycles. The first-order valence-corrected chi connectivity index (χ1v) is 8.13. The van der Waals surface area contributed by atoms with Gasteiger partial charge in [0.25, 0.3) is 0 Å². The Morgan fingerprint density at radius 3 is 2.50 bits per heavy atom. The van der Waals surface area contributed by atoms with Gasteiger partial charge in [-0.05, 0) is 44.4 Å². The number of rotatable bonds is 7. The van der Waals surface area contributed by atoms with Crippen LogP contribution in [0.5, 0.6) is 0 Å². The molecule has 0 saturated heterocycles. The topological polar surface area (TPSA) is 50.4 Å². The van der Waals surface area contributed by atoms with Crippen LogP contribution in [0.4, 0.5) is 10.5 Å². The first-order chi connectivity index (χ1) is 10.3. The largest absolute Gasteiger partial charge is 0.444 e. The number of nitrogens with one attached hydrogen (secondary N) is 2. The second kappa shape index (κ2) is 8.66. The molecule has 4 heteroatoms. The number of ether oxygens (including phenoxy) is 1. The molecule has 0 radical (unpaired) electrons. The van der Waals surface area contributed by atoms with Crippen LogP contribution >= 0.6 is 0 Å². The lowest BCUT2D eigenvalue weighted by Gasteiger charge is -2.20. The summed E-state index contributed by atoms with van der Waals surface area (Å²) in [5.74, 6) is 0.698. The second-order valence-electron chi connectivity index (χ2n) is 6.62. The van der Waals surface area contributed by atoms with E-state index in [1.165, 1.54) is 12.8 Å². The van der Waals surface area contributed by atoms with Crippen molar-refractivity contribution >= 4 is 11.8 Å². The van der Waals surface area contributed by atoms with Gasteiger partial charge in [-0.1, -0.05) is 38.8 Å². The molecular weight excluding hydrogens is 276 g/mol. The molecule has 4 nitrogen and oxygen atoms in total. The van der Waals surface area contributed by atoms with E-state index in [0.717, 1.165) is 17.8 Å². The van der Waals surface area contributed by atoms with Gasteiger partial charge in [-0.15, -0.1) is 0 Å². The summed E-state index contributed by atoms with van der Waals surface area (Å²) in [6, 6.07) is 8.13. The number of hydrogen-bond acceptors (Lipinski definition) is 3. The molecule has 1 rings (SSSR count). The Morgan fingerprint density at radius 2 is 1.91 bits per heavy atom. The number of anilines is 1. The van der Waals surface area contributed by atoms with Gasteiger partial charge in [0.2, 0.25) is 0 Å². The van der Waals surface area contributed by atoms with Gasteiger partial charge in [-0.25, -0.2) is 4.79 Å². The monoisotopic (exact) mass is 306 g/mol. The van der Waals surface area contributed by atoms with Crippen LogP contribution < -0.4 is 10.6 Å². The van der Waals surface area contributed by atoms with Crippen molar-refractivity contribution in [1.29, 1.82) is 0 Å². The lowest BCUT2D eigenvalue weighted by Crippen LogP contribution is -2.32. The lowest BCUT2D eigenvalue weighted by molar-refractivity contribution is 0.0523. The molecule has 0 bridgehead atoms. The molecule has 1 amide bonds. The maximum atomic E-state index is 11.7. The van der Waals surface area contributed by atoms with Gasteiger partial charge in [-0.3, -0.25) is 0 Å². The summed E-state index contributed by atoms with van der Waals surface area (Å²) < 4.78 is 5.23. The minimum Gasteiger partial charge on any atom is -0.444 e. The Labute approximate surface area is 134 Å². The van der Waals surface area contributed by atoms with Crippen molar-refractivity contribution < 1.29 is 9.53 Å². The van der Waals surface area contributed by atoms with Crippen LogP contribution in [0.1, 0.15) is 53.0 Å². The van der Waals surface area contributed by atoms with E-state index in [-0.39, 0.29) is 6.09 Å².